The molecule has 4 heteroatoms. The molecule has 17 heavy (non-hydrogen) atoms. The predicted molar refractivity (Wildman–Crippen MR) is 66.9 cm³/mol. The summed E-state index contributed by atoms with van der Waals surface area (Å²) >= 11 is 0. The van der Waals surface area contributed by atoms with Crippen molar-refractivity contribution in [2.75, 3.05) is 20.8 Å². The van der Waals surface area contributed by atoms with Crippen LogP contribution in [0.1, 0.15) is 39.5 Å². The minimum absolute atomic E-state index is 0.163. The van der Waals surface area contributed by atoms with E-state index in [2.05, 4.69) is 5.32 Å². The van der Waals surface area contributed by atoms with Crippen LogP contribution in [0, 0.1) is 5.41 Å². The summed E-state index contributed by atoms with van der Waals surface area (Å²) in [6.45, 7) is 4.46. The molecule has 1 rings (SSSR count). The highest BCUT2D eigenvalue weighted by atomic mass is 16.5. The number of nitrogens with one attached hydrogen (secondary N) is 1. The quantitative estimate of drug-likeness (QED) is 0.747. The van der Waals surface area contributed by atoms with Gasteiger partial charge >= 0.3 is 5.97 Å². The van der Waals surface area contributed by atoms with E-state index in [1.54, 1.807) is 7.11 Å². The van der Waals surface area contributed by atoms with Gasteiger partial charge in [-0.3, -0.25) is 4.79 Å². The van der Waals surface area contributed by atoms with Crippen molar-refractivity contribution >= 4 is 5.97 Å². The number of carbonyl (C=O) groups is 1. The summed E-state index contributed by atoms with van der Waals surface area (Å²) in [7, 11) is 3.21. The van der Waals surface area contributed by atoms with E-state index in [4.69, 9.17) is 9.47 Å². The standard InChI is InChI=1S/C13H25NO3/c1-13(2,12(15)17-4)9-14-10-6-5-7-11(8-10)16-3/h10-11,14H,5-9H2,1-4H3. The zero-order valence-electron chi connectivity index (χ0n) is 11.4. The minimum Gasteiger partial charge on any atom is -0.469 e. The van der Waals surface area contributed by atoms with Crippen molar-refractivity contribution in [2.24, 2.45) is 5.41 Å². The molecule has 2 atom stereocenters. The fraction of sp³-hybridized carbons (Fsp3) is 0.923. The van der Waals surface area contributed by atoms with Crippen LogP contribution in [0.3, 0.4) is 0 Å². The number of hydrogen-bond donors (Lipinski definition) is 1. The molecule has 0 aromatic carbocycles. The lowest BCUT2D eigenvalue weighted by Crippen LogP contribution is -2.44. The Morgan fingerprint density at radius 3 is 2.65 bits per heavy atom. The van der Waals surface area contributed by atoms with Gasteiger partial charge in [-0.1, -0.05) is 0 Å². The van der Waals surface area contributed by atoms with Gasteiger partial charge in [-0.2, -0.15) is 0 Å². The van der Waals surface area contributed by atoms with E-state index < -0.39 is 5.41 Å². The van der Waals surface area contributed by atoms with Gasteiger partial charge in [-0.05, 0) is 39.5 Å². The first-order chi connectivity index (χ1) is 7.99. The molecule has 1 fully saturated rings. The summed E-state index contributed by atoms with van der Waals surface area (Å²) in [5, 5.41) is 3.46. The SMILES string of the molecule is COC(=O)C(C)(C)CNC1CCCC(OC)C1. The van der Waals surface area contributed by atoms with Gasteiger partial charge in [0.25, 0.3) is 0 Å². The molecule has 0 aromatic heterocycles. The van der Waals surface area contributed by atoms with Crippen molar-refractivity contribution in [1.29, 1.82) is 0 Å². The van der Waals surface area contributed by atoms with Gasteiger partial charge in [0.1, 0.15) is 0 Å². The van der Waals surface area contributed by atoms with Crippen LogP contribution >= 0.6 is 0 Å². The number of esters is 1. The average molecular weight is 243 g/mol. The highest BCUT2D eigenvalue weighted by Crippen LogP contribution is 2.22. The second-order valence-corrected chi connectivity index (χ2v) is 5.48. The monoisotopic (exact) mass is 243 g/mol. The number of ether oxygens (including phenoxy) is 2. The first-order valence-electron chi connectivity index (χ1n) is 6.34. The topological polar surface area (TPSA) is 47.6 Å². The lowest BCUT2D eigenvalue weighted by Gasteiger charge is -2.31. The van der Waals surface area contributed by atoms with E-state index >= 15 is 0 Å². The zero-order chi connectivity index (χ0) is 12.9. The summed E-state index contributed by atoms with van der Waals surface area (Å²) in [6, 6.07) is 0.456. The van der Waals surface area contributed by atoms with Crippen LogP contribution in [0.25, 0.3) is 0 Å². The predicted octanol–water partition coefficient (Wildman–Crippen LogP) is 1.73. The maximum absolute atomic E-state index is 11.5. The lowest BCUT2D eigenvalue weighted by molar-refractivity contribution is -0.150. The normalized spacial score (nSPS) is 25.6. The van der Waals surface area contributed by atoms with E-state index in [9.17, 15) is 4.79 Å². The zero-order valence-corrected chi connectivity index (χ0v) is 11.4. The second-order valence-electron chi connectivity index (χ2n) is 5.48. The molecule has 0 amide bonds. The van der Waals surface area contributed by atoms with Gasteiger partial charge in [0.15, 0.2) is 0 Å². The van der Waals surface area contributed by atoms with Crippen molar-refractivity contribution < 1.29 is 14.3 Å². The Balaban J connectivity index is 2.37. The summed E-state index contributed by atoms with van der Waals surface area (Å²) < 4.78 is 10.2. The van der Waals surface area contributed by atoms with Gasteiger partial charge in [0.05, 0.1) is 18.6 Å². The minimum atomic E-state index is -0.464. The van der Waals surface area contributed by atoms with Crippen molar-refractivity contribution in [3.8, 4) is 0 Å². The van der Waals surface area contributed by atoms with Crippen LogP contribution in [-0.4, -0.2) is 38.9 Å². The third-order valence-electron chi connectivity index (χ3n) is 3.53. The van der Waals surface area contributed by atoms with Crippen LogP contribution in [0.2, 0.25) is 0 Å². The first kappa shape index (κ1) is 14.5. The molecule has 100 valence electrons. The highest BCUT2D eigenvalue weighted by Gasteiger charge is 2.30. The summed E-state index contributed by atoms with van der Waals surface area (Å²) in [5.74, 6) is -0.163. The molecular formula is C13H25NO3. The summed E-state index contributed by atoms with van der Waals surface area (Å²) in [4.78, 5) is 11.5. The van der Waals surface area contributed by atoms with Crippen LogP contribution in [0.15, 0.2) is 0 Å². The molecule has 1 aliphatic carbocycles. The van der Waals surface area contributed by atoms with E-state index in [-0.39, 0.29) is 5.97 Å². The molecule has 2 unspecified atom stereocenters. The van der Waals surface area contributed by atoms with Gasteiger partial charge < -0.3 is 14.8 Å². The summed E-state index contributed by atoms with van der Waals surface area (Å²) in [5.41, 5.74) is -0.464. The Labute approximate surface area is 104 Å². The average Bonchev–Trinajstić information content (AvgIpc) is 2.35. The summed E-state index contributed by atoms with van der Waals surface area (Å²) in [6.07, 6.45) is 4.90. The molecule has 0 radical (unpaired) electrons. The third kappa shape index (κ3) is 4.28. The molecule has 4 nitrogen and oxygen atoms in total. The van der Waals surface area contributed by atoms with Crippen LogP contribution < -0.4 is 5.32 Å². The Bertz CT molecular complexity index is 253. The fourth-order valence-corrected chi connectivity index (χ4v) is 2.29. The maximum atomic E-state index is 11.5. The molecule has 0 heterocycles. The molecule has 0 bridgehead atoms. The van der Waals surface area contributed by atoms with Gasteiger partial charge in [-0.25, -0.2) is 0 Å². The first-order valence-corrected chi connectivity index (χ1v) is 6.34. The van der Waals surface area contributed by atoms with Crippen molar-refractivity contribution in [3.05, 3.63) is 0 Å². The van der Waals surface area contributed by atoms with Crippen LogP contribution in [-0.2, 0) is 14.3 Å². The Morgan fingerprint density at radius 1 is 1.35 bits per heavy atom. The van der Waals surface area contributed by atoms with Gasteiger partial charge in [0.2, 0.25) is 0 Å². The van der Waals surface area contributed by atoms with Crippen molar-refractivity contribution in [2.45, 2.75) is 51.7 Å². The van der Waals surface area contributed by atoms with Crippen LogP contribution in [0.5, 0.6) is 0 Å². The van der Waals surface area contributed by atoms with Crippen molar-refractivity contribution in [3.63, 3.8) is 0 Å². The van der Waals surface area contributed by atoms with E-state index in [1.807, 2.05) is 13.8 Å². The molecule has 0 saturated heterocycles. The van der Waals surface area contributed by atoms with Gasteiger partial charge in [0, 0.05) is 19.7 Å². The van der Waals surface area contributed by atoms with E-state index in [0.717, 1.165) is 19.3 Å². The molecular weight excluding hydrogens is 218 g/mol. The lowest BCUT2D eigenvalue weighted by atomic mass is 9.89. The molecule has 0 spiro atoms. The molecule has 1 saturated carbocycles. The number of carbonyl (C=O) groups excluding carboxylic acids is 1. The largest absolute Gasteiger partial charge is 0.469 e. The Kier molecular flexibility index (Phi) is 5.40. The molecule has 0 aromatic rings. The highest BCUT2D eigenvalue weighted by molar-refractivity contribution is 5.76. The second kappa shape index (κ2) is 6.36. The van der Waals surface area contributed by atoms with Crippen molar-refractivity contribution in [1.82, 2.24) is 5.32 Å². The fourth-order valence-electron chi connectivity index (χ4n) is 2.29. The maximum Gasteiger partial charge on any atom is 0.312 e. The molecule has 0 aliphatic heterocycles. The third-order valence-corrected chi connectivity index (χ3v) is 3.53. The smallest absolute Gasteiger partial charge is 0.312 e. The molecule has 1 aliphatic rings. The number of methoxy groups -OCH3 is 2. The Hall–Kier alpha value is -0.610. The van der Waals surface area contributed by atoms with Gasteiger partial charge in [-0.15, -0.1) is 0 Å². The number of hydrogen-bond acceptors (Lipinski definition) is 4. The van der Waals surface area contributed by atoms with E-state index in [1.165, 1.54) is 13.5 Å². The van der Waals surface area contributed by atoms with Crippen LogP contribution in [0.4, 0.5) is 0 Å². The Morgan fingerprint density at radius 2 is 2.06 bits per heavy atom. The number of rotatable bonds is 5. The molecule has 1 N–H and O–H groups in total. The van der Waals surface area contributed by atoms with E-state index in [0.29, 0.717) is 18.7 Å².